The molecular weight excluding hydrogens is 376 g/mol. The monoisotopic (exact) mass is 398 g/mol. The minimum atomic E-state index is -1.23. The zero-order valence-electron chi connectivity index (χ0n) is 16.1. The number of rotatable bonds is 4. The molecule has 8 heteroatoms. The summed E-state index contributed by atoms with van der Waals surface area (Å²) in [5.74, 6) is 0.133. The van der Waals surface area contributed by atoms with Crippen molar-refractivity contribution in [3.8, 4) is 5.75 Å². The number of ether oxygens (including phenoxy) is 1. The van der Waals surface area contributed by atoms with E-state index in [4.69, 9.17) is 17.0 Å². The molecule has 1 aliphatic heterocycles. The first-order valence-corrected chi connectivity index (χ1v) is 9.11. The van der Waals surface area contributed by atoms with Crippen molar-refractivity contribution in [1.82, 2.24) is 15.8 Å². The van der Waals surface area contributed by atoms with Gasteiger partial charge in [0.15, 0.2) is 5.11 Å². The van der Waals surface area contributed by atoms with E-state index in [0.29, 0.717) is 11.3 Å². The molecule has 7 nitrogen and oxygen atoms in total. The van der Waals surface area contributed by atoms with Gasteiger partial charge in [0, 0.05) is 5.69 Å². The van der Waals surface area contributed by atoms with Crippen LogP contribution in [0.3, 0.4) is 0 Å². The van der Waals surface area contributed by atoms with Gasteiger partial charge in [0.05, 0.1) is 7.11 Å². The van der Waals surface area contributed by atoms with Gasteiger partial charge in [-0.1, -0.05) is 18.2 Å². The van der Waals surface area contributed by atoms with E-state index >= 15 is 0 Å². The second kappa shape index (κ2) is 7.47. The van der Waals surface area contributed by atoms with Crippen LogP contribution in [0.1, 0.15) is 23.6 Å². The molecule has 1 fully saturated rings. The Balaban J connectivity index is 1.75. The Kier molecular flexibility index (Phi) is 5.24. The van der Waals surface area contributed by atoms with Gasteiger partial charge in [-0.3, -0.25) is 10.2 Å². The molecule has 0 radical (unpaired) electrons. The molecule has 0 bridgehead atoms. The molecule has 28 heavy (non-hydrogen) atoms. The summed E-state index contributed by atoms with van der Waals surface area (Å²) in [6.45, 7) is 5.65. The zero-order chi connectivity index (χ0) is 20.5. The molecule has 3 N–H and O–H groups in total. The second-order valence-electron chi connectivity index (χ2n) is 6.79. The van der Waals surface area contributed by atoms with Gasteiger partial charge in [-0.05, 0) is 73.9 Å². The average Bonchev–Trinajstić information content (AvgIpc) is 2.89. The number of imide groups is 1. The van der Waals surface area contributed by atoms with E-state index in [2.05, 4.69) is 16.1 Å². The Hall–Kier alpha value is -3.13. The number of nitrogens with one attached hydrogen (secondary N) is 3. The second-order valence-corrected chi connectivity index (χ2v) is 7.20. The first-order valence-electron chi connectivity index (χ1n) is 8.70. The molecule has 3 rings (SSSR count). The fourth-order valence-corrected chi connectivity index (χ4v) is 3.16. The summed E-state index contributed by atoms with van der Waals surface area (Å²) in [6.07, 6.45) is 0. The molecule has 2 aromatic carbocycles. The van der Waals surface area contributed by atoms with Crippen molar-refractivity contribution in [3.05, 3.63) is 59.2 Å². The van der Waals surface area contributed by atoms with E-state index in [1.807, 2.05) is 32.0 Å². The van der Waals surface area contributed by atoms with Gasteiger partial charge in [0.1, 0.15) is 11.3 Å². The lowest BCUT2D eigenvalue weighted by Gasteiger charge is -2.23. The molecule has 1 saturated heterocycles. The summed E-state index contributed by atoms with van der Waals surface area (Å²) >= 11 is 5.27. The van der Waals surface area contributed by atoms with Crippen LogP contribution in [0.15, 0.2) is 42.5 Å². The van der Waals surface area contributed by atoms with Gasteiger partial charge >= 0.3 is 6.03 Å². The number of benzene rings is 2. The Morgan fingerprint density at radius 2 is 1.89 bits per heavy atom. The molecule has 1 atom stereocenters. The Labute approximate surface area is 169 Å². The predicted octanol–water partition coefficient (Wildman–Crippen LogP) is 2.98. The number of thiocarbonyl (C=S) groups is 1. The number of urea groups is 1. The lowest BCUT2D eigenvalue weighted by atomic mass is 9.92. The van der Waals surface area contributed by atoms with E-state index in [-0.39, 0.29) is 5.11 Å². The number of aryl methyl sites for hydroxylation is 2. The minimum absolute atomic E-state index is 0.140. The normalized spacial score (nSPS) is 18.6. The zero-order valence-corrected chi connectivity index (χ0v) is 16.9. The van der Waals surface area contributed by atoms with E-state index in [1.54, 1.807) is 38.3 Å². The van der Waals surface area contributed by atoms with Crippen molar-refractivity contribution in [1.29, 1.82) is 0 Å². The van der Waals surface area contributed by atoms with Gasteiger partial charge in [0.25, 0.3) is 5.91 Å². The summed E-state index contributed by atoms with van der Waals surface area (Å²) in [7, 11) is 1.54. The number of carbonyl (C=O) groups is 2. The highest BCUT2D eigenvalue weighted by atomic mass is 32.1. The van der Waals surface area contributed by atoms with Crippen molar-refractivity contribution < 1.29 is 14.3 Å². The number of amides is 3. The van der Waals surface area contributed by atoms with Crippen molar-refractivity contribution >= 4 is 35.0 Å². The van der Waals surface area contributed by atoms with E-state index in [9.17, 15) is 9.59 Å². The van der Waals surface area contributed by atoms with Crippen LogP contribution in [0.4, 0.5) is 10.5 Å². The van der Waals surface area contributed by atoms with E-state index in [0.717, 1.165) is 21.8 Å². The molecule has 0 aromatic heterocycles. The fraction of sp³-hybridized carbons (Fsp3) is 0.250. The largest absolute Gasteiger partial charge is 0.497 e. The smallest absolute Gasteiger partial charge is 0.344 e. The number of nitrogens with zero attached hydrogens (tertiary/aromatic N) is 1. The molecule has 0 spiro atoms. The molecule has 146 valence electrons. The molecule has 0 aliphatic carbocycles. The van der Waals surface area contributed by atoms with Crippen LogP contribution in [0, 0.1) is 13.8 Å². The number of hydrogen-bond acceptors (Lipinski definition) is 4. The fourth-order valence-electron chi connectivity index (χ4n) is 2.95. The van der Waals surface area contributed by atoms with Crippen LogP contribution in [0.2, 0.25) is 0 Å². The third-order valence-corrected chi connectivity index (χ3v) is 5.01. The number of anilines is 1. The summed E-state index contributed by atoms with van der Waals surface area (Å²) < 4.78 is 5.21. The quantitative estimate of drug-likeness (QED) is 0.543. The number of methoxy groups -OCH3 is 1. The lowest BCUT2D eigenvalue weighted by Crippen LogP contribution is -2.49. The highest BCUT2D eigenvalue weighted by Crippen LogP contribution is 2.30. The van der Waals surface area contributed by atoms with Gasteiger partial charge in [-0.2, -0.15) is 5.01 Å². The van der Waals surface area contributed by atoms with Gasteiger partial charge < -0.3 is 15.4 Å². The third kappa shape index (κ3) is 3.63. The van der Waals surface area contributed by atoms with Crippen LogP contribution < -0.4 is 20.8 Å². The predicted molar refractivity (Wildman–Crippen MR) is 111 cm³/mol. The Morgan fingerprint density at radius 3 is 2.57 bits per heavy atom. The third-order valence-electron chi connectivity index (χ3n) is 4.82. The minimum Gasteiger partial charge on any atom is -0.497 e. The van der Waals surface area contributed by atoms with Gasteiger partial charge in [-0.25, -0.2) is 4.79 Å². The maximum absolute atomic E-state index is 13.0. The summed E-state index contributed by atoms with van der Waals surface area (Å²) in [4.78, 5) is 25.4. The summed E-state index contributed by atoms with van der Waals surface area (Å²) in [5, 5.41) is 6.73. The summed E-state index contributed by atoms with van der Waals surface area (Å²) in [6, 6.07) is 12.2. The highest BCUT2D eigenvalue weighted by Gasteiger charge is 2.50. The molecule has 0 saturated carbocycles. The van der Waals surface area contributed by atoms with Gasteiger partial charge in [-0.15, -0.1) is 0 Å². The van der Waals surface area contributed by atoms with Crippen molar-refractivity contribution in [2.45, 2.75) is 26.3 Å². The van der Waals surface area contributed by atoms with Crippen molar-refractivity contribution in [3.63, 3.8) is 0 Å². The number of hydrogen-bond donors (Lipinski definition) is 3. The molecule has 3 amide bonds. The van der Waals surface area contributed by atoms with Crippen molar-refractivity contribution in [2.75, 3.05) is 12.4 Å². The van der Waals surface area contributed by atoms with Crippen LogP contribution in [0.5, 0.6) is 5.75 Å². The topological polar surface area (TPSA) is 82.7 Å². The maximum atomic E-state index is 13.0. The molecular formula is C20H22N4O3S. The Morgan fingerprint density at radius 1 is 1.14 bits per heavy atom. The molecule has 1 aliphatic rings. The Bertz CT molecular complexity index is 962. The van der Waals surface area contributed by atoms with E-state index < -0.39 is 17.5 Å². The SMILES string of the molecule is COc1cccc([C@]2(C)NC(=O)N(NC(=S)Nc3ccc(C)c(C)c3)C2=O)c1. The maximum Gasteiger partial charge on any atom is 0.344 e. The lowest BCUT2D eigenvalue weighted by molar-refractivity contribution is -0.132. The van der Waals surface area contributed by atoms with Crippen LogP contribution in [-0.4, -0.2) is 29.2 Å². The number of hydrazine groups is 1. The standard InChI is InChI=1S/C20H22N4O3S/c1-12-8-9-15(10-13(12)2)21-18(28)23-24-17(25)20(3,22-19(24)26)14-6-5-7-16(11-14)27-4/h5-11H,1-4H3,(H,22,26)(H2,21,23,28)/t20-/m0/s1. The first-order chi connectivity index (χ1) is 13.2. The molecule has 1 heterocycles. The summed E-state index contributed by atoms with van der Waals surface area (Å²) in [5.41, 5.74) is 5.09. The van der Waals surface area contributed by atoms with E-state index in [1.165, 1.54) is 0 Å². The molecule has 0 unspecified atom stereocenters. The first kappa shape index (κ1) is 19.6. The average molecular weight is 398 g/mol. The highest BCUT2D eigenvalue weighted by molar-refractivity contribution is 7.80. The van der Waals surface area contributed by atoms with Crippen LogP contribution in [0.25, 0.3) is 0 Å². The number of carbonyl (C=O) groups excluding carboxylic acids is 2. The van der Waals surface area contributed by atoms with Crippen LogP contribution >= 0.6 is 12.2 Å². The van der Waals surface area contributed by atoms with Crippen LogP contribution in [-0.2, 0) is 10.3 Å². The van der Waals surface area contributed by atoms with Crippen molar-refractivity contribution in [2.24, 2.45) is 0 Å². The molecule has 2 aromatic rings. The van der Waals surface area contributed by atoms with Gasteiger partial charge in [0.2, 0.25) is 0 Å².